The van der Waals surface area contributed by atoms with E-state index in [1.54, 1.807) is 6.92 Å². The van der Waals surface area contributed by atoms with Crippen molar-refractivity contribution in [3.63, 3.8) is 0 Å². The lowest BCUT2D eigenvalue weighted by Crippen LogP contribution is -2.36. The molecular formula is C44H79N7O11. The number of nitrogens with zero attached hydrogens (tertiary/aromatic N) is 3. The molecule has 6 N–H and O–H groups in total. The van der Waals surface area contributed by atoms with Crippen LogP contribution < -0.4 is 21.7 Å². The van der Waals surface area contributed by atoms with Gasteiger partial charge >= 0.3 is 30.2 Å². The van der Waals surface area contributed by atoms with E-state index in [2.05, 4.69) is 31.2 Å². The van der Waals surface area contributed by atoms with Crippen LogP contribution in [0.25, 0.3) is 0 Å². The fourth-order valence-corrected chi connectivity index (χ4v) is 7.13. The maximum Gasteiger partial charge on any atom is 0.407 e. The first kappa shape index (κ1) is 55.4. The van der Waals surface area contributed by atoms with Crippen molar-refractivity contribution in [2.24, 2.45) is 40.5 Å². The van der Waals surface area contributed by atoms with Gasteiger partial charge in [0.2, 0.25) is 5.89 Å². The lowest BCUT2D eigenvalue weighted by Gasteiger charge is -2.27. The van der Waals surface area contributed by atoms with Crippen LogP contribution >= 0.6 is 0 Å². The van der Waals surface area contributed by atoms with Gasteiger partial charge < -0.3 is 50.4 Å². The fraction of sp³-hybridized carbons (Fsp3) is 0.818. The van der Waals surface area contributed by atoms with Gasteiger partial charge in [0.1, 0.15) is 22.6 Å². The minimum absolute atomic E-state index is 0. The molecular weight excluding hydrogens is 803 g/mol. The Bertz CT molecular complexity index is 1550. The van der Waals surface area contributed by atoms with Crippen molar-refractivity contribution in [2.45, 2.75) is 183 Å². The van der Waals surface area contributed by atoms with Gasteiger partial charge in [0.25, 0.3) is 0 Å². The summed E-state index contributed by atoms with van der Waals surface area (Å²) in [6.07, 6.45) is 9.35. The number of nitrogens with two attached hydrogens (primary N) is 1. The number of hydrogen-bond acceptors (Lipinski definition) is 13. The highest BCUT2D eigenvalue weighted by Gasteiger charge is 2.30. The molecule has 1 heterocycles. The summed E-state index contributed by atoms with van der Waals surface area (Å²) in [6, 6.07) is 0. The van der Waals surface area contributed by atoms with Crippen molar-refractivity contribution in [3.05, 3.63) is 11.7 Å². The number of oxime groups is 1. The molecule has 1 aromatic heterocycles. The smallest absolute Gasteiger partial charge is 0.407 e. The van der Waals surface area contributed by atoms with Crippen LogP contribution in [0.5, 0.6) is 0 Å². The van der Waals surface area contributed by atoms with E-state index in [0.29, 0.717) is 62.0 Å². The number of carboxylic acids is 1. The number of ether oxygens (including phenoxy) is 3. The van der Waals surface area contributed by atoms with Crippen molar-refractivity contribution in [1.29, 1.82) is 0 Å². The molecule has 18 heteroatoms. The maximum atomic E-state index is 11.8. The van der Waals surface area contributed by atoms with Crippen LogP contribution in [0.1, 0.15) is 171 Å². The Balaban J connectivity index is 0.000000464. The van der Waals surface area contributed by atoms with Gasteiger partial charge in [0.05, 0.1) is 11.8 Å². The molecule has 0 saturated heterocycles. The Morgan fingerprint density at radius 2 is 1.02 bits per heavy atom. The summed E-state index contributed by atoms with van der Waals surface area (Å²) < 4.78 is 20.8. The molecule has 0 radical (unpaired) electrons. The van der Waals surface area contributed by atoms with E-state index in [0.717, 1.165) is 70.1 Å². The number of hydrogen-bond donors (Lipinski definition) is 5. The molecule has 18 nitrogen and oxygen atoms in total. The minimum atomic E-state index is -0.700. The first-order chi connectivity index (χ1) is 28.3. The van der Waals surface area contributed by atoms with Crippen molar-refractivity contribution in [1.82, 2.24) is 26.1 Å². The van der Waals surface area contributed by atoms with E-state index in [1.165, 1.54) is 0 Å². The van der Waals surface area contributed by atoms with Crippen LogP contribution in [-0.4, -0.2) is 87.7 Å². The van der Waals surface area contributed by atoms with E-state index >= 15 is 0 Å². The SMILES string of the molecule is C.C/C(N)=N/OC(=O)C1CCC(CNC(=O)OC(C)(C)C)CC1.CC(C)(C)OC(=O)NCC1CCC(C(=O)O)CC1.Cc1noc(C2CCC(CNC(=O)OC(C)(C)C)CC2)n1. The predicted octanol–water partition coefficient (Wildman–Crippen LogP) is 8.37. The topological polar surface area (TPSA) is 256 Å². The quantitative estimate of drug-likeness (QED) is 0.0487. The Hall–Kier alpha value is -4.64. The molecule has 356 valence electrons. The number of amidine groups is 1. The lowest BCUT2D eigenvalue weighted by molar-refractivity contribution is -0.150. The van der Waals surface area contributed by atoms with Crippen molar-refractivity contribution >= 4 is 36.1 Å². The maximum absolute atomic E-state index is 11.8. The molecule has 3 amide bonds. The Morgan fingerprint density at radius 1 is 0.661 bits per heavy atom. The molecule has 3 aliphatic carbocycles. The monoisotopic (exact) mass is 882 g/mol. The van der Waals surface area contributed by atoms with Crippen molar-refractivity contribution < 1.29 is 52.7 Å². The van der Waals surface area contributed by atoms with E-state index < -0.39 is 35.0 Å². The zero-order valence-corrected chi connectivity index (χ0v) is 38.5. The van der Waals surface area contributed by atoms with Crippen LogP contribution in [0.2, 0.25) is 0 Å². The third kappa shape index (κ3) is 24.7. The number of aromatic nitrogens is 2. The highest BCUT2D eigenvalue weighted by molar-refractivity contribution is 5.79. The number of aliphatic carboxylic acids is 1. The number of alkyl carbamates (subject to hydrolysis) is 3. The van der Waals surface area contributed by atoms with Crippen LogP contribution in [0, 0.1) is 36.5 Å². The van der Waals surface area contributed by atoms with Gasteiger partial charge in [0, 0.05) is 25.6 Å². The second kappa shape index (κ2) is 26.1. The first-order valence-electron chi connectivity index (χ1n) is 21.7. The summed E-state index contributed by atoms with van der Waals surface area (Å²) in [6.45, 7) is 21.8. The second-order valence-corrected chi connectivity index (χ2v) is 19.5. The minimum Gasteiger partial charge on any atom is -0.481 e. The number of carbonyl (C=O) groups excluding carboxylic acids is 4. The fourth-order valence-electron chi connectivity index (χ4n) is 7.13. The molecule has 4 rings (SSSR count). The molecule has 0 atom stereocenters. The Labute approximate surface area is 369 Å². The van der Waals surface area contributed by atoms with Gasteiger partial charge in [-0.15, -0.1) is 0 Å². The predicted molar refractivity (Wildman–Crippen MR) is 235 cm³/mol. The molecule has 0 aliphatic heterocycles. The summed E-state index contributed by atoms with van der Waals surface area (Å²) in [5, 5.41) is 24.6. The lowest BCUT2D eigenvalue weighted by atomic mass is 9.82. The largest absolute Gasteiger partial charge is 0.481 e. The van der Waals surface area contributed by atoms with E-state index in [-0.39, 0.29) is 37.2 Å². The summed E-state index contributed by atoms with van der Waals surface area (Å²) in [5.74, 6) is 1.89. The Morgan fingerprint density at radius 3 is 1.32 bits per heavy atom. The number of carboxylic acid groups (broad SMARTS) is 1. The number of carbonyl (C=O) groups is 5. The average molecular weight is 882 g/mol. The van der Waals surface area contributed by atoms with E-state index in [4.69, 9.17) is 34.4 Å². The van der Waals surface area contributed by atoms with Gasteiger partial charge in [-0.05, 0) is 171 Å². The van der Waals surface area contributed by atoms with Crippen LogP contribution in [-0.2, 0) is 28.6 Å². The molecule has 0 unspecified atom stereocenters. The van der Waals surface area contributed by atoms with Crippen molar-refractivity contribution in [2.75, 3.05) is 19.6 Å². The third-order valence-electron chi connectivity index (χ3n) is 10.2. The molecule has 0 spiro atoms. The zero-order chi connectivity index (χ0) is 46.0. The second-order valence-electron chi connectivity index (χ2n) is 19.5. The standard InChI is InChI=1S/C15H27N3O4.C15H25N3O3.C13H23NO4.CH4/c1-10(16)18-22-13(19)12-7-5-11(6-8-12)9-17-14(20)21-15(2,3)4;1-10-17-13(21-18-10)12-7-5-11(6-8-12)9-16-14(19)20-15(2,3)4;1-13(2,3)18-12(17)14-8-9-4-6-10(7-5-9)11(15)16;/h11-12H,5-9H2,1-4H3,(H2,16,18)(H,17,20);11-12H,5-9H2,1-4H3,(H,16,19);9-10H,4-8H2,1-3H3,(H,14,17)(H,15,16);1H4. The normalized spacial score (nSPS) is 22.9. The summed E-state index contributed by atoms with van der Waals surface area (Å²) in [5.41, 5.74) is 3.90. The number of nitrogens with one attached hydrogen (secondary N) is 3. The number of aryl methyl sites for hydroxylation is 1. The molecule has 0 bridgehead atoms. The highest BCUT2D eigenvalue weighted by Crippen LogP contribution is 2.35. The van der Waals surface area contributed by atoms with E-state index in [9.17, 15) is 24.0 Å². The van der Waals surface area contributed by atoms with E-state index in [1.807, 2.05) is 69.2 Å². The highest BCUT2D eigenvalue weighted by atomic mass is 16.7. The van der Waals surface area contributed by atoms with Crippen LogP contribution in [0.4, 0.5) is 14.4 Å². The molecule has 3 aliphatic rings. The summed E-state index contributed by atoms with van der Waals surface area (Å²) in [4.78, 5) is 66.3. The van der Waals surface area contributed by atoms with Gasteiger partial charge in [-0.3, -0.25) is 4.79 Å². The molecule has 62 heavy (non-hydrogen) atoms. The third-order valence-corrected chi connectivity index (χ3v) is 10.2. The first-order valence-corrected chi connectivity index (χ1v) is 21.7. The van der Waals surface area contributed by atoms with Gasteiger partial charge in [-0.1, -0.05) is 17.7 Å². The van der Waals surface area contributed by atoms with Crippen molar-refractivity contribution in [3.8, 4) is 0 Å². The summed E-state index contributed by atoms with van der Waals surface area (Å²) >= 11 is 0. The molecule has 1 aromatic rings. The van der Waals surface area contributed by atoms with Gasteiger partial charge in [-0.25, -0.2) is 19.2 Å². The van der Waals surface area contributed by atoms with Crippen LogP contribution in [0.3, 0.4) is 0 Å². The number of amides is 3. The zero-order valence-electron chi connectivity index (χ0n) is 38.5. The summed E-state index contributed by atoms with van der Waals surface area (Å²) in [7, 11) is 0. The average Bonchev–Trinajstić information content (AvgIpc) is 3.59. The Kier molecular flexibility index (Phi) is 23.3. The molecule has 0 aromatic carbocycles. The van der Waals surface area contributed by atoms with Crippen LogP contribution in [0.15, 0.2) is 9.68 Å². The number of rotatable bonds is 10. The molecule has 3 fully saturated rings. The van der Waals surface area contributed by atoms with Gasteiger partial charge in [-0.2, -0.15) is 4.98 Å². The van der Waals surface area contributed by atoms with Gasteiger partial charge in [0.15, 0.2) is 5.82 Å². The molecule has 3 saturated carbocycles.